The number of rotatable bonds is 4. The molecule has 0 fully saturated rings. The first-order valence-electron chi connectivity index (χ1n) is 4.29. The first-order valence-corrected chi connectivity index (χ1v) is 4.29. The molecule has 2 nitrogen and oxygen atoms in total. The third-order valence-electron chi connectivity index (χ3n) is 1.63. The normalized spacial score (nSPS) is 14.6. The molecule has 0 amide bonds. The number of hydrogen-bond acceptors (Lipinski definition) is 2. The maximum atomic E-state index is 9.73. The van der Waals surface area contributed by atoms with Crippen molar-refractivity contribution in [2.75, 3.05) is 0 Å². The minimum atomic E-state index is -0.812. The van der Waals surface area contributed by atoms with E-state index in [0.29, 0.717) is 5.76 Å². The summed E-state index contributed by atoms with van der Waals surface area (Å²) in [4.78, 5) is 0. The number of ether oxygens (including phenoxy) is 1. The highest BCUT2D eigenvalue weighted by Crippen LogP contribution is 2.22. The molecule has 0 aliphatic rings. The summed E-state index contributed by atoms with van der Waals surface area (Å²) in [6, 6.07) is 0. The molecule has 0 spiro atoms. The van der Waals surface area contributed by atoms with Gasteiger partial charge in [-0.1, -0.05) is 20.4 Å². The van der Waals surface area contributed by atoms with Crippen molar-refractivity contribution in [3.05, 3.63) is 12.3 Å². The van der Waals surface area contributed by atoms with Crippen molar-refractivity contribution in [3.8, 4) is 0 Å². The van der Waals surface area contributed by atoms with Crippen molar-refractivity contribution < 1.29 is 9.84 Å². The van der Waals surface area contributed by atoms with Crippen LogP contribution >= 0.6 is 0 Å². The van der Waals surface area contributed by atoms with Gasteiger partial charge in [0.1, 0.15) is 6.10 Å². The SMILES string of the molecule is C=C(C)OC(C(C)C)C(C)(C)O. The van der Waals surface area contributed by atoms with Gasteiger partial charge in [0.2, 0.25) is 0 Å². The van der Waals surface area contributed by atoms with E-state index in [1.54, 1.807) is 20.8 Å². The van der Waals surface area contributed by atoms with Gasteiger partial charge in [-0.3, -0.25) is 0 Å². The van der Waals surface area contributed by atoms with Gasteiger partial charge in [0.25, 0.3) is 0 Å². The van der Waals surface area contributed by atoms with Crippen molar-refractivity contribution in [2.24, 2.45) is 5.92 Å². The van der Waals surface area contributed by atoms with E-state index in [-0.39, 0.29) is 12.0 Å². The Kier molecular flexibility index (Phi) is 3.78. The van der Waals surface area contributed by atoms with Crippen LogP contribution in [0.25, 0.3) is 0 Å². The third-order valence-corrected chi connectivity index (χ3v) is 1.63. The summed E-state index contributed by atoms with van der Waals surface area (Å²) in [5, 5.41) is 9.73. The molecular formula is C10H20O2. The minimum Gasteiger partial charge on any atom is -0.492 e. The van der Waals surface area contributed by atoms with Gasteiger partial charge >= 0.3 is 0 Å². The summed E-state index contributed by atoms with van der Waals surface area (Å²) in [6.45, 7) is 13.0. The predicted molar refractivity (Wildman–Crippen MR) is 50.8 cm³/mol. The monoisotopic (exact) mass is 172 g/mol. The second kappa shape index (κ2) is 3.94. The van der Waals surface area contributed by atoms with Gasteiger partial charge in [0.15, 0.2) is 0 Å². The first kappa shape index (κ1) is 11.5. The van der Waals surface area contributed by atoms with Gasteiger partial charge in [-0.25, -0.2) is 0 Å². The highest BCUT2D eigenvalue weighted by Gasteiger charge is 2.31. The lowest BCUT2D eigenvalue weighted by atomic mass is 9.92. The quantitative estimate of drug-likeness (QED) is 0.659. The lowest BCUT2D eigenvalue weighted by Crippen LogP contribution is -2.41. The van der Waals surface area contributed by atoms with Gasteiger partial charge in [-0.15, -0.1) is 0 Å². The molecule has 1 N–H and O–H groups in total. The van der Waals surface area contributed by atoms with Crippen LogP contribution < -0.4 is 0 Å². The molecule has 0 saturated carbocycles. The maximum absolute atomic E-state index is 9.73. The second-order valence-electron chi connectivity index (χ2n) is 4.14. The van der Waals surface area contributed by atoms with E-state index >= 15 is 0 Å². The molecule has 0 aliphatic carbocycles. The van der Waals surface area contributed by atoms with Crippen molar-refractivity contribution >= 4 is 0 Å². The molecule has 1 atom stereocenters. The Morgan fingerprint density at radius 2 is 1.83 bits per heavy atom. The van der Waals surface area contributed by atoms with Crippen LogP contribution in [0.1, 0.15) is 34.6 Å². The third kappa shape index (κ3) is 3.77. The number of hydrogen-bond donors (Lipinski definition) is 1. The van der Waals surface area contributed by atoms with Crippen LogP contribution in [-0.2, 0) is 4.74 Å². The van der Waals surface area contributed by atoms with E-state index in [4.69, 9.17) is 4.74 Å². The molecule has 0 radical (unpaired) electrons. The van der Waals surface area contributed by atoms with Crippen LogP contribution in [-0.4, -0.2) is 16.8 Å². The number of aliphatic hydroxyl groups is 1. The second-order valence-corrected chi connectivity index (χ2v) is 4.14. The molecule has 0 rings (SSSR count). The number of allylic oxidation sites excluding steroid dienone is 1. The van der Waals surface area contributed by atoms with Crippen LogP contribution in [0, 0.1) is 5.92 Å². The average molecular weight is 172 g/mol. The van der Waals surface area contributed by atoms with Gasteiger partial charge < -0.3 is 9.84 Å². The van der Waals surface area contributed by atoms with Crippen molar-refractivity contribution in [2.45, 2.75) is 46.3 Å². The molecular weight excluding hydrogens is 152 g/mol. The van der Waals surface area contributed by atoms with Gasteiger partial charge in [0, 0.05) is 0 Å². The van der Waals surface area contributed by atoms with Crippen LogP contribution in [0.5, 0.6) is 0 Å². The molecule has 1 unspecified atom stereocenters. The minimum absolute atomic E-state index is 0.185. The lowest BCUT2D eigenvalue weighted by molar-refractivity contribution is -0.0842. The Hall–Kier alpha value is -0.500. The fourth-order valence-electron chi connectivity index (χ4n) is 1.31. The van der Waals surface area contributed by atoms with Crippen LogP contribution in [0.4, 0.5) is 0 Å². The molecule has 72 valence electrons. The largest absolute Gasteiger partial charge is 0.492 e. The summed E-state index contributed by atoms with van der Waals surface area (Å²) in [6.07, 6.45) is -0.185. The Morgan fingerprint density at radius 1 is 1.42 bits per heavy atom. The Balaban J connectivity index is 4.35. The Morgan fingerprint density at radius 3 is 1.92 bits per heavy atom. The van der Waals surface area contributed by atoms with E-state index in [2.05, 4.69) is 6.58 Å². The molecule has 0 aromatic carbocycles. The van der Waals surface area contributed by atoms with Gasteiger partial charge in [0.05, 0.1) is 11.4 Å². The Bertz CT molecular complexity index is 154. The lowest BCUT2D eigenvalue weighted by Gasteiger charge is -2.32. The standard InChI is InChI=1S/C10H20O2/c1-7(2)9(10(5,6)11)12-8(3)4/h7,9,11H,3H2,1-2,4-6H3. The molecule has 2 heteroatoms. The van der Waals surface area contributed by atoms with E-state index in [1.807, 2.05) is 13.8 Å². The maximum Gasteiger partial charge on any atom is 0.128 e. The molecule has 0 heterocycles. The summed E-state index contributed by atoms with van der Waals surface area (Å²) in [5.74, 6) is 0.928. The smallest absolute Gasteiger partial charge is 0.128 e. The first-order chi connectivity index (χ1) is 5.25. The zero-order valence-corrected chi connectivity index (χ0v) is 8.72. The zero-order chi connectivity index (χ0) is 9.94. The molecule has 0 saturated heterocycles. The highest BCUT2D eigenvalue weighted by atomic mass is 16.5. The topological polar surface area (TPSA) is 29.5 Å². The molecule has 12 heavy (non-hydrogen) atoms. The Labute approximate surface area is 75.2 Å². The van der Waals surface area contributed by atoms with Crippen molar-refractivity contribution in [1.82, 2.24) is 0 Å². The van der Waals surface area contributed by atoms with Gasteiger partial charge in [-0.05, 0) is 26.7 Å². The summed E-state index contributed by atoms with van der Waals surface area (Å²) < 4.78 is 5.43. The fourth-order valence-corrected chi connectivity index (χ4v) is 1.31. The van der Waals surface area contributed by atoms with E-state index in [9.17, 15) is 5.11 Å². The van der Waals surface area contributed by atoms with E-state index in [0.717, 1.165) is 0 Å². The summed E-state index contributed by atoms with van der Waals surface area (Å²) in [7, 11) is 0. The molecule has 0 aliphatic heterocycles. The predicted octanol–water partition coefficient (Wildman–Crippen LogP) is 2.33. The summed E-state index contributed by atoms with van der Waals surface area (Å²) in [5.41, 5.74) is -0.812. The van der Waals surface area contributed by atoms with Crippen molar-refractivity contribution in [3.63, 3.8) is 0 Å². The zero-order valence-electron chi connectivity index (χ0n) is 8.72. The van der Waals surface area contributed by atoms with E-state index < -0.39 is 5.60 Å². The molecule has 0 aromatic rings. The fraction of sp³-hybridized carbons (Fsp3) is 0.800. The van der Waals surface area contributed by atoms with Crippen LogP contribution in [0.15, 0.2) is 12.3 Å². The molecule has 0 bridgehead atoms. The highest BCUT2D eigenvalue weighted by molar-refractivity contribution is 4.86. The van der Waals surface area contributed by atoms with Crippen LogP contribution in [0.2, 0.25) is 0 Å². The summed E-state index contributed by atoms with van der Waals surface area (Å²) >= 11 is 0. The molecule has 0 aromatic heterocycles. The van der Waals surface area contributed by atoms with Gasteiger partial charge in [-0.2, -0.15) is 0 Å². The average Bonchev–Trinajstić information content (AvgIpc) is 1.79. The van der Waals surface area contributed by atoms with Crippen LogP contribution in [0.3, 0.4) is 0 Å². The van der Waals surface area contributed by atoms with Crippen molar-refractivity contribution in [1.29, 1.82) is 0 Å². The van der Waals surface area contributed by atoms with E-state index in [1.165, 1.54) is 0 Å².